The molecule has 0 radical (unpaired) electrons. The van der Waals surface area contributed by atoms with Crippen molar-refractivity contribution in [3.8, 4) is 22.9 Å². The molecule has 0 unspecified atom stereocenters. The number of fused-ring (bicyclic) bond motifs is 1. The summed E-state index contributed by atoms with van der Waals surface area (Å²) < 4.78 is 1.93. The summed E-state index contributed by atoms with van der Waals surface area (Å²) >= 11 is 0. The molecular weight excluding hydrogens is 370 g/mol. The van der Waals surface area contributed by atoms with Crippen LogP contribution in [0.25, 0.3) is 28.6 Å². The van der Waals surface area contributed by atoms with Crippen LogP contribution < -0.4 is 4.90 Å². The van der Waals surface area contributed by atoms with Gasteiger partial charge < -0.3 is 9.80 Å². The lowest BCUT2D eigenvalue weighted by Gasteiger charge is -2.34. The van der Waals surface area contributed by atoms with Crippen LogP contribution in [0.2, 0.25) is 0 Å². The molecule has 0 bridgehead atoms. The van der Waals surface area contributed by atoms with Crippen LogP contribution >= 0.6 is 0 Å². The van der Waals surface area contributed by atoms with E-state index in [1.807, 2.05) is 27.6 Å². The molecule has 1 N–H and O–H groups in total. The fourth-order valence-corrected chi connectivity index (χ4v) is 3.49. The molecule has 0 aromatic carbocycles. The Hall–Kier alpha value is -3.82. The Kier molecular flexibility index (Phi) is 4.15. The summed E-state index contributed by atoms with van der Waals surface area (Å²) in [6, 6.07) is 3.76. The number of H-pyrrole nitrogens is 1. The van der Waals surface area contributed by atoms with Crippen LogP contribution in [0.1, 0.15) is 6.92 Å². The van der Waals surface area contributed by atoms with Crippen LogP contribution in [-0.2, 0) is 4.79 Å². The summed E-state index contributed by atoms with van der Waals surface area (Å²) in [6.45, 7) is 4.50. The molecule has 0 saturated carbocycles. The Labute approximate surface area is 166 Å². The largest absolute Gasteiger partial charge is 0.353 e. The van der Waals surface area contributed by atoms with Crippen LogP contribution in [-0.4, -0.2) is 71.5 Å². The first-order valence-corrected chi connectivity index (χ1v) is 9.36. The third-order valence-corrected chi connectivity index (χ3v) is 5.09. The minimum absolute atomic E-state index is 0.112. The minimum Gasteiger partial charge on any atom is -0.353 e. The van der Waals surface area contributed by atoms with Crippen molar-refractivity contribution in [3.63, 3.8) is 0 Å². The average molecular weight is 389 g/mol. The minimum atomic E-state index is 0.112. The van der Waals surface area contributed by atoms with E-state index in [4.69, 9.17) is 4.98 Å². The van der Waals surface area contributed by atoms with Gasteiger partial charge in [-0.1, -0.05) is 0 Å². The summed E-state index contributed by atoms with van der Waals surface area (Å²) in [5.41, 5.74) is 3.08. The molecule has 0 atom stereocenters. The third kappa shape index (κ3) is 3.18. The molecule has 1 aliphatic heterocycles. The molecule has 1 fully saturated rings. The van der Waals surface area contributed by atoms with E-state index in [0.717, 1.165) is 36.0 Å². The molecule has 4 aromatic heterocycles. The molecule has 29 heavy (non-hydrogen) atoms. The summed E-state index contributed by atoms with van der Waals surface area (Å²) in [6.07, 6.45) is 8.80. The Bertz CT molecular complexity index is 1160. The first-order chi connectivity index (χ1) is 14.2. The Balaban J connectivity index is 1.47. The van der Waals surface area contributed by atoms with Crippen molar-refractivity contribution in [2.75, 3.05) is 31.1 Å². The maximum Gasteiger partial charge on any atom is 0.219 e. The van der Waals surface area contributed by atoms with Gasteiger partial charge in [0.15, 0.2) is 11.5 Å². The van der Waals surface area contributed by atoms with Gasteiger partial charge in [-0.05, 0) is 12.1 Å². The molecule has 0 spiro atoms. The number of piperazine rings is 1. The zero-order valence-electron chi connectivity index (χ0n) is 15.9. The predicted octanol–water partition coefficient (Wildman–Crippen LogP) is 1.24. The molecule has 10 heteroatoms. The number of imidazole rings is 1. The molecule has 1 saturated heterocycles. The van der Waals surface area contributed by atoms with Gasteiger partial charge in [0.1, 0.15) is 17.2 Å². The second-order valence-electron chi connectivity index (χ2n) is 6.85. The van der Waals surface area contributed by atoms with Crippen LogP contribution in [0.5, 0.6) is 0 Å². The number of carbonyl (C=O) groups is 1. The van der Waals surface area contributed by atoms with Gasteiger partial charge in [0, 0.05) is 51.7 Å². The number of hydrogen-bond donors (Lipinski definition) is 1. The lowest BCUT2D eigenvalue weighted by Crippen LogP contribution is -2.48. The van der Waals surface area contributed by atoms with Gasteiger partial charge in [0.2, 0.25) is 5.91 Å². The summed E-state index contributed by atoms with van der Waals surface area (Å²) in [7, 11) is 0. The van der Waals surface area contributed by atoms with E-state index >= 15 is 0 Å². The highest BCUT2D eigenvalue weighted by molar-refractivity contribution is 5.73. The van der Waals surface area contributed by atoms with E-state index in [9.17, 15) is 4.79 Å². The zero-order chi connectivity index (χ0) is 19.8. The smallest absolute Gasteiger partial charge is 0.219 e. The number of anilines is 1. The molecule has 10 nitrogen and oxygen atoms in total. The first-order valence-electron chi connectivity index (χ1n) is 9.36. The van der Waals surface area contributed by atoms with Gasteiger partial charge in [-0.15, -0.1) is 0 Å². The van der Waals surface area contributed by atoms with Gasteiger partial charge in [0.25, 0.3) is 0 Å². The predicted molar refractivity (Wildman–Crippen MR) is 106 cm³/mol. The highest BCUT2D eigenvalue weighted by Gasteiger charge is 2.20. The van der Waals surface area contributed by atoms with Gasteiger partial charge in [0.05, 0.1) is 18.1 Å². The normalized spacial score (nSPS) is 14.5. The fourth-order valence-electron chi connectivity index (χ4n) is 3.49. The number of amides is 1. The fraction of sp³-hybridized carbons (Fsp3) is 0.263. The number of aromatic nitrogens is 7. The summed E-state index contributed by atoms with van der Waals surface area (Å²) in [4.78, 5) is 33.7. The molecule has 146 valence electrons. The van der Waals surface area contributed by atoms with Crippen molar-refractivity contribution in [2.45, 2.75) is 6.92 Å². The molecule has 0 aliphatic carbocycles. The highest BCUT2D eigenvalue weighted by Crippen LogP contribution is 2.22. The maximum atomic E-state index is 11.5. The zero-order valence-corrected chi connectivity index (χ0v) is 15.9. The molecule has 5 heterocycles. The van der Waals surface area contributed by atoms with Crippen molar-refractivity contribution < 1.29 is 4.79 Å². The molecule has 5 rings (SSSR count). The van der Waals surface area contributed by atoms with Gasteiger partial charge in [-0.25, -0.2) is 19.9 Å². The number of aromatic amines is 1. The summed E-state index contributed by atoms with van der Waals surface area (Å²) in [5, 5.41) is 6.90. The standard InChI is InChI=1S/C19H19N9O/c1-13(29)26-6-8-27(9-7-26)17-3-4-20-19(24-17)16-10-22-18-11-21-15(12-28(16)18)14-2-5-23-25-14/h2-5,10-12H,6-9H2,1H3,(H,23,25). The number of nitrogens with one attached hydrogen (secondary N) is 1. The van der Waals surface area contributed by atoms with Gasteiger partial charge >= 0.3 is 0 Å². The molecule has 4 aromatic rings. The van der Waals surface area contributed by atoms with Crippen LogP contribution in [0.4, 0.5) is 5.82 Å². The molecular formula is C19H19N9O. The van der Waals surface area contributed by atoms with Crippen molar-refractivity contribution in [1.29, 1.82) is 0 Å². The van der Waals surface area contributed by atoms with Crippen LogP contribution in [0.15, 0.2) is 43.1 Å². The number of rotatable bonds is 3. The van der Waals surface area contributed by atoms with Gasteiger partial charge in [-0.2, -0.15) is 5.10 Å². The van der Waals surface area contributed by atoms with E-state index < -0.39 is 0 Å². The Morgan fingerprint density at radius 3 is 2.66 bits per heavy atom. The highest BCUT2D eigenvalue weighted by atomic mass is 16.2. The second kappa shape index (κ2) is 6.97. The van der Waals surface area contributed by atoms with Crippen molar-refractivity contribution in [3.05, 3.63) is 43.1 Å². The average Bonchev–Trinajstić information content (AvgIpc) is 3.43. The van der Waals surface area contributed by atoms with Crippen LogP contribution in [0.3, 0.4) is 0 Å². The quantitative estimate of drug-likeness (QED) is 0.562. The van der Waals surface area contributed by atoms with E-state index in [1.165, 1.54) is 0 Å². The van der Waals surface area contributed by atoms with E-state index in [2.05, 4.69) is 30.0 Å². The Morgan fingerprint density at radius 1 is 1.03 bits per heavy atom. The number of carbonyl (C=O) groups excluding carboxylic acids is 1. The number of hydrogen-bond acceptors (Lipinski definition) is 7. The lowest BCUT2D eigenvalue weighted by molar-refractivity contribution is -0.129. The summed E-state index contributed by atoms with van der Waals surface area (Å²) in [5.74, 6) is 1.54. The molecule has 1 amide bonds. The van der Waals surface area contributed by atoms with E-state index in [0.29, 0.717) is 24.6 Å². The lowest BCUT2D eigenvalue weighted by atomic mass is 10.3. The third-order valence-electron chi connectivity index (χ3n) is 5.09. The first kappa shape index (κ1) is 17.3. The van der Waals surface area contributed by atoms with Crippen LogP contribution in [0, 0.1) is 0 Å². The number of nitrogens with zero attached hydrogens (tertiary/aromatic N) is 8. The Morgan fingerprint density at radius 2 is 1.90 bits per heavy atom. The van der Waals surface area contributed by atoms with E-state index in [-0.39, 0.29) is 5.91 Å². The monoisotopic (exact) mass is 389 g/mol. The van der Waals surface area contributed by atoms with Crippen molar-refractivity contribution >= 4 is 17.4 Å². The van der Waals surface area contributed by atoms with Gasteiger partial charge in [-0.3, -0.25) is 14.3 Å². The maximum absolute atomic E-state index is 11.5. The van der Waals surface area contributed by atoms with E-state index in [1.54, 1.807) is 31.7 Å². The molecule has 1 aliphatic rings. The SMILES string of the molecule is CC(=O)N1CCN(c2ccnc(-c3cnc4cnc(-c5ccn[nH]5)cn34)n2)CC1. The second-order valence-corrected chi connectivity index (χ2v) is 6.85. The topological polar surface area (TPSA) is 108 Å². The van der Waals surface area contributed by atoms with Crippen molar-refractivity contribution in [2.24, 2.45) is 0 Å². The van der Waals surface area contributed by atoms with Crippen molar-refractivity contribution in [1.82, 2.24) is 39.4 Å².